The molecule has 0 spiro atoms. The van der Waals surface area contributed by atoms with Gasteiger partial charge in [-0.05, 0) is 19.4 Å². The van der Waals surface area contributed by atoms with Crippen molar-refractivity contribution in [2.75, 3.05) is 20.2 Å². The summed E-state index contributed by atoms with van der Waals surface area (Å²) in [6.07, 6.45) is 1.85. The zero-order valence-corrected chi connectivity index (χ0v) is 7.63. The maximum atomic E-state index is 11.3. The number of esters is 1. The summed E-state index contributed by atoms with van der Waals surface area (Å²) in [6, 6.07) is -0.135. The lowest BCUT2D eigenvalue weighted by Crippen LogP contribution is -2.42. The van der Waals surface area contributed by atoms with Crippen LogP contribution in [0.15, 0.2) is 0 Å². The average Bonchev–Trinajstić information content (AvgIpc) is 2.66. The zero-order valence-electron chi connectivity index (χ0n) is 7.63. The first-order chi connectivity index (χ1) is 6.24. The van der Waals surface area contributed by atoms with Crippen LogP contribution in [-0.4, -0.2) is 38.1 Å². The number of carbonyl (C=O) groups excluding carboxylic acids is 2. The molecule has 0 saturated carbocycles. The third kappa shape index (κ3) is 3.02. The maximum absolute atomic E-state index is 11.3. The fourth-order valence-electron chi connectivity index (χ4n) is 1.26. The van der Waals surface area contributed by atoms with Crippen LogP contribution in [0.5, 0.6) is 0 Å². The van der Waals surface area contributed by atoms with Gasteiger partial charge in [0.25, 0.3) is 0 Å². The lowest BCUT2D eigenvalue weighted by atomic mass is 10.2. The van der Waals surface area contributed by atoms with Gasteiger partial charge in [-0.25, -0.2) is 0 Å². The lowest BCUT2D eigenvalue weighted by Gasteiger charge is -2.09. The van der Waals surface area contributed by atoms with Crippen molar-refractivity contribution in [2.45, 2.75) is 18.9 Å². The molecule has 13 heavy (non-hydrogen) atoms. The number of hydrogen-bond donors (Lipinski definition) is 2. The molecule has 1 amide bonds. The molecule has 1 aliphatic rings. The molecule has 0 unspecified atom stereocenters. The highest BCUT2D eigenvalue weighted by Gasteiger charge is 2.21. The molecular weight excluding hydrogens is 172 g/mol. The first-order valence-electron chi connectivity index (χ1n) is 4.32. The summed E-state index contributed by atoms with van der Waals surface area (Å²) in [7, 11) is 1.29. The fraction of sp³-hybridized carbons (Fsp3) is 0.750. The molecular formula is C8H14N2O3. The molecule has 1 atom stereocenters. The van der Waals surface area contributed by atoms with Gasteiger partial charge in [0, 0.05) is 0 Å². The van der Waals surface area contributed by atoms with Gasteiger partial charge in [0.2, 0.25) is 5.91 Å². The fourth-order valence-corrected chi connectivity index (χ4v) is 1.26. The van der Waals surface area contributed by atoms with E-state index in [1.165, 1.54) is 7.11 Å². The molecule has 0 aromatic heterocycles. The van der Waals surface area contributed by atoms with E-state index in [1.807, 2.05) is 0 Å². The first kappa shape index (κ1) is 9.98. The Balaban J connectivity index is 2.20. The van der Waals surface area contributed by atoms with Crippen LogP contribution >= 0.6 is 0 Å². The second-order valence-electron chi connectivity index (χ2n) is 2.94. The average molecular weight is 186 g/mol. The normalized spacial score (nSPS) is 21.2. The van der Waals surface area contributed by atoms with Crippen LogP contribution in [0.25, 0.3) is 0 Å². The lowest BCUT2D eigenvalue weighted by molar-refractivity contribution is -0.141. The number of rotatable bonds is 3. The SMILES string of the molecule is COC(=O)CNC(=O)[C@H]1CCCN1. The minimum Gasteiger partial charge on any atom is -0.468 e. The summed E-state index contributed by atoms with van der Waals surface area (Å²) in [5.74, 6) is -0.547. The van der Waals surface area contributed by atoms with Gasteiger partial charge < -0.3 is 15.4 Å². The van der Waals surface area contributed by atoms with Crippen molar-refractivity contribution in [1.82, 2.24) is 10.6 Å². The molecule has 1 fully saturated rings. The predicted molar refractivity (Wildman–Crippen MR) is 46.1 cm³/mol. The van der Waals surface area contributed by atoms with Crippen molar-refractivity contribution in [3.8, 4) is 0 Å². The molecule has 1 aliphatic heterocycles. The molecule has 0 aliphatic carbocycles. The van der Waals surface area contributed by atoms with Gasteiger partial charge in [-0.3, -0.25) is 9.59 Å². The standard InChI is InChI=1S/C8H14N2O3/c1-13-7(11)5-10-8(12)6-3-2-4-9-6/h6,9H,2-5H2,1H3,(H,10,12)/t6-/m1/s1. The highest BCUT2D eigenvalue weighted by atomic mass is 16.5. The predicted octanol–water partition coefficient (Wildman–Crippen LogP) is -0.972. The monoisotopic (exact) mass is 186 g/mol. The van der Waals surface area contributed by atoms with E-state index in [1.54, 1.807) is 0 Å². The summed E-state index contributed by atoms with van der Waals surface area (Å²) in [5.41, 5.74) is 0. The molecule has 5 heteroatoms. The Hall–Kier alpha value is -1.10. The Bertz CT molecular complexity index is 200. The smallest absolute Gasteiger partial charge is 0.325 e. The highest BCUT2D eigenvalue weighted by Crippen LogP contribution is 2.03. The van der Waals surface area contributed by atoms with E-state index >= 15 is 0 Å². The van der Waals surface area contributed by atoms with Crippen molar-refractivity contribution in [3.05, 3.63) is 0 Å². The summed E-state index contributed by atoms with van der Waals surface area (Å²) in [6.45, 7) is 0.823. The third-order valence-electron chi connectivity index (χ3n) is 2.01. The van der Waals surface area contributed by atoms with Crippen LogP contribution in [0.3, 0.4) is 0 Å². The first-order valence-corrected chi connectivity index (χ1v) is 4.32. The summed E-state index contributed by atoms with van der Waals surface area (Å²) in [5, 5.41) is 5.53. The van der Waals surface area contributed by atoms with E-state index in [-0.39, 0.29) is 18.5 Å². The van der Waals surface area contributed by atoms with Gasteiger partial charge in [-0.15, -0.1) is 0 Å². The Morgan fingerprint density at radius 3 is 2.92 bits per heavy atom. The second-order valence-corrected chi connectivity index (χ2v) is 2.94. The largest absolute Gasteiger partial charge is 0.468 e. The van der Waals surface area contributed by atoms with Gasteiger partial charge in [-0.2, -0.15) is 0 Å². The number of carbonyl (C=O) groups is 2. The van der Waals surface area contributed by atoms with Crippen LogP contribution in [0, 0.1) is 0 Å². The Kier molecular flexibility index (Phi) is 3.70. The van der Waals surface area contributed by atoms with Crippen molar-refractivity contribution in [1.29, 1.82) is 0 Å². The quantitative estimate of drug-likeness (QED) is 0.556. The molecule has 0 bridgehead atoms. The van der Waals surface area contributed by atoms with E-state index in [0.717, 1.165) is 19.4 Å². The van der Waals surface area contributed by atoms with E-state index in [4.69, 9.17) is 0 Å². The minimum absolute atomic E-state index is 0.0481. The van der Waals surface area contributed by atoms with E-state index in [2.05, 4.69) is 15.4 Å². The summed E-state index contributed by atoms with van der Waals surface area (Å²) < 4.78 is 4.39. The van der Waals surface area contributed by atoms with E-state index in [0.29, 0.717) is 0 Å². The molecule has 0 aromatic carbocycles. The number of ether oxygens (including phenoxy) is 1. The number of nitrogens with one attached hydrogen (secondary N) is 2. The Labute approximate surface area is 76.8 Å². The van der Waals surface area contributed by atoms with E-state index in [9.17, 15) is 9.59 Å². The molecule has 0 aromatic rings. The minimum atomic E-state index is -0.425. The van der Waals surface area contributed by atoms with Gasteiger partial charge in [0.1, 0.15) is 6.54 Å². The van der Waals surface area contributed by atoms with Gasteiger partial charge in [0.15, 0.2) is 0 Å². The summed E-state index contributed by atoms with van der Waals surface area (Å²) >= 11 is 0. The van der Waals surface area contributed by atoms with Crippen molar-refractivity contribution < 1.29 is 14.3 Å². The maximum Gasteiger partial charge on any atom is 0.325 e. The molecule has 1 rings (SSSR count). The van der Waals surface area contributed by atoms with Gasteiger partial charge >= 0.3 is 5.97 Å². The molecule has 1 heterocycles. The molecule has 74 valence electrons. The topological polar surface area (TPSA) is 67.4 Å². The Morgan fingerprint density at radius 2 is 2.38 bits per heavy atom. The third-order valence-corrected chi connectivity index (χ3v) is 2.01. The number of amides is 1. The van der Waals surface area contributed by atoms with Crippen LogP contribution in [-0.2, 0) is 14.3 Å². The van der Waals surface area contributed by atoms with E-state index < -0.39 is 5.97 Å². The number of methoxy groups -OCH3 is 1. The van der Waals surface area contributed by atoms with Crippen molar-refractivity contribution >= 4 is 11.9 Å². The van der Waals surface area contributed by atoms with Crippen LogP contribution in [0.4, 0.5) is 0 Å². The van der Waals surface area contributed by atoms with Crippen LogP contribution in [0.2, 0.25) is 0 Å². The molecule has 5 nitrogen and oxygen atoms in total. The molecule has 2 N–H and O–H groups in total. The van der Waals surface area contributed by atoms with Crippen LogP contribution in [0.1, 0.15) is 12.8 Å². The van der Waals surface area contributed by atoms with Gasteiger partial charge in [-0.1, -0.05) is 0 Å². The van der Waals surface area contributed by atoms with Crippen molar-refractivity contribution in [3.63, 3.8) is 0 Å². The van der Waals surface area contributed by atoms with Crippen molar-refractivity contribution in [2.24, 2.45) is 0 Å². The summed E-state index contributed by atoms with van der Waals surface area (Å²) in [4.78, 5) is 22.0. The zero-order chi connectivity index (χ0) is 9.68. The molecule has 0 radical (unpaired) electrons. The van der Waals surface area contributed by atoms with Crippen LogP contribution < -0.4 is 10.6 Å². The highest BCUT2D eigenvalue weighted by molar-refractivity contribution is 5.85. The Morgan fingerprint density at radius 1 is 1.62 bits per heavy atom. The second kappa shape index (κ2) is 4.81. The molecule has 1 saturated heterocycles. The number of hydrogen-bond acceptors (Lipinski definition) is 4. The van der Waals surface area contributed by atoms with Gasteiger partial charge in [0.05, 0.1) is 13.2 Å².